The van der Waals surface area contributed by atoms with Crippen LogP contribution in [0, 0.1) is 0 Å². The van der Waals surface area contributed by atoms with Crippen LogP contribution in [0.5, 0.6) is 0 Å². The van der Waals surface area contributed by atoms with Gasteiger partial charge in [0.05, 0.1) is 13.1 Å². The lowest BCUT2D eigenvalue weighted by atomic mass is 10.2. The number of thiazole rings is 1. The zero-order valence-electron chi connectivity index (χ0n) is 16.5. The van der Waals surface area contributed by atoms with Gasteiger partial charge in [-0.1, -0.05) is 25.1 Å². The van der Waals surface area contributed by atoms with Crippen LogP contribution in [-0.4, -0.2) is 61.5 Å². The molecule has 1 aliphatic heterocycles. The summed E-state index contributed by atoms with van der Waals surface area (Å²) in [7, 11) is 1.71. The first kappa shape index (κ1) is 20.1. The number of aromatic nitrogens is 1. The molecule has 0 aliphatic carbocycles. The van der Waals surface area contributed by atoms with Crippen molar-refractivity contribution in [3.8, 4) is 0 Å². The van der Waals surface area contributed by atoms with Crippen LogP contribution in [0.4, 0.5) is 5.69 Å². The lowest BCUT2D eigenvalue weighted by Crippen LogP contribution is -2.52. The number of nitrogens with zero attached hydrogens (tertiary/aromatic N) is 4. The second-order valence-electron chi connectivity index (χ2n) is 6.56. The van der Waals surface area contributed by atoms with Gasteiger partial charge in [0, 0.05) is 50.0 Å². The molecule has 1 aliphatic rings. The molecule has 28 heavy (non-hydrogen) atoms. The van der Waals surface area contributed by atoms with E-state index in [9.17, 15) is 4.79 Å². The van der Waals surface area contributed by atoms with Gasteiger partial charge in [-0.15, -0.1) is 11.3 Å². The molecule has 0 saturated carbocycles. The standard InChI is InChI=1S/C20H28N6OS/c1-3-17-13-22-18(28-17)14-23-20(21-2)24-15-19(27)26-11-9-25(10-12-26)16-7-5-4-6-8-16/h4-8,13H,3,9-12,14-15H2,1-2H3,(H2,21,23,24). The second kappa shape index (κ2) is 10.1. The molecule has 2 aromatic rings. The van der Waals surface area contributed by atoms with E-state index in [1.807, 2.05) is 29.3 Å². The van der Waals surface area contributed by atoms with Crippen molar-refractivity contribution < 1.29 is 4.79 Å². The molecule has 7 nitrogen and oxygen atoms in total. The van der Waals surface area contributed by atoms with Crippen molar-refractivity contribution in [2.24, 2.45) is 4.99 Å². The lowest BCUT2D eigenvalue weighted by molar-refractivity contribution is -0.130. The molecule has 1 aromatic heterocycles. The third kappa shape index (κ3) is 5.45. The molecule has 8 heteroatoms. The Hall–Kier alpha value is -2.61. The monoisotopic (exact) mass is 400 g/mol. The van der Waals surface area contributed by atoms with Crippen LogP contribution in [0.15, 0.2) is 41.5 Å². The first-order valence-electron chi connectivity index (χ1n) is 9.65. The highest BCUT2D eigenvalue weighted by Gasteiger charge is 2.21. The molecular formula is C20H28N6OS. The van der Waals surface area contributed by atoms with Crippen LogP contribution >= 0.6 is 11.3 Å². The van der Waals surface area contributed by atoms with E-state index in [4.69, 9.17) is 0 Å². The van der Waals surface area contributed by atoms with Crippen molar-refractivity contribution in [1.29, 1.82) is 0 Å². The molecule has 0 atom stereocenters. The number of aryl methyl sites for hydroxylation is 1. The molecular weight excluding hydrogens is 372 g/mol. The number of hydrogen-bond donors (Lipinski definition) is 2. The highest BCUT2D eigenvalue weighted by atomic mass is 32.1. The smallest absolute Gasteiger partial charge is 0.242 e. The van der Waals surface area contributed by atoms with Gasteiger partial charge in [0.15, 0.2) is 5.96 Å². The van der Waals surface area contributed by atoms with Gasteiger partial charge in [0.2, 0.25) is 5.91 Å². The summed E-state index contributed by atoms with van der Waals surface area (Å²) in [6, 6.07) is 10.3. The minimum Gasteiger partial charge on any atom is -0.368 e. The number of amides is 1. The van der Waals surface area contributed by atoms with E-state index in [0.29, 0.717) is 12.5 Å². The lowest BCUT2D eigenvalue weighted by Gasteiger charge is -2.36. The molecule has 1 aromatic carbocycles. The third-order valence-corrected chi connectivity index (χ3v) is 5.88. The number of guanidine groups is 1. The van der Waals surface area contributed by atoms with Gasteiger partial charge in [-0.05, 0) is 18.6 Å². The van der Waals surface area contributed by atoms with Crippen LogP contribution in [0.1, 0.15) is 16.8 Å². The summed E-state index contributed by atoms with van der Waals surface area (Å²) >= 11 is 1.69. The Morgan fingerprint density at radius 1 is 1.18 bits per heavy atom. The van der Waals surface area contributed by atoms with Gasteiger partial charge >= 0.3 is 0 Å². The number of hydrogen-bond acceptors (Lipinski definition) is 5. The van der Waals surface area contributed by atoms with Crippen LogP contribution < -0.4 is 15.5 Å². The fourth-order valence-electron chi connectivity index (χ4n) is 3.10. The average Bonchev–Trinajstić information content (AvgIpc) is 3.22. The normalized spacial score (nSPS) is 14.9. The van der Waals surface area contributed by atoms with E-state index in [-0.39, 0.29) is 12.5 Å². The van der Waals surface area contributed by atoms with Crippen molar-refractivity contribution in [3.05, 3.63) is 46.4 Å². The molecule has 0 spiro atoms. The quantitative estimate of drug-likeness (QED) is 0.571. The van der Waals surface area contributed by atoms with Gasteiger partial charge < -0.3 is 20.4 Å². The Kier molecular flexibility index (Phi) is 7.25. The number of rotatable bonds is 6. The second-order valence-corrected chi connectivity index (χ2v) is 7.76. The Labute approximate surface area is 170 Å². The SMILES string of the molecule is CCc1cnc(CNC(=NC)NCC(=O)N2CCN(c3ccccc3)CC2)s1. The minimum absolute atomic E-state index is 0.0955. The maximum Gasteiger partial charge on any atom is 0.242 e. The van der Waals surface area contributed by atoms with Crippen molar-refractivity contribution in [1.82, 2.24) is 20.5 Å². The summed E-state index contributed by atoms with van der Waals surface area (Å²) in [5.74, 6) is 0.711. The third-order valence-electron chi connectivity index (χ3n) is 4.74. The molecule has 0 bridgehead atoms. The van der Waals surface area contributed by atoms with E-state index in [1.54, 1.807) is 18.4 Å². The molecule has 0 unspecified atom stereocenters. The number of nitrogens with one attached hydrogen (secondary N) is 2. The topological polar surface area (TPSA) is 72.9 Å². The predicted octanol–water partition coefficient (Wildman–Crippen LogP) is 1.72. The Balaban J connectivity index is 1.40. The van der Waals surface area contributed by atoms with E-state index < -0.39 is 0 Å². The summed E-state index contributed by atoms with van der Waals surface area (Å²) < 4.78 is 0. The number of carbonyl (C=O) groups is 1. The van der Waals surface area contributed by atoms with Crippen molar-refractivity contribution in [2.45, 2.75) is 19.9 Å². The Bertz CT molecular complexity index is 783. The largest absolute Gasteiger partial charge is 0.368 e. The van der Waals surface area contributed by atoms with Gasteiger partial charge in [-0.25, -0.2) is 4.98 Å². The molecule has 2 N–H and O–H groups in total. The summed E-state index contributed by atoms with van der Waals surface area (Å²) in [5.41, 5.74) is 1.21. The van der Waals surface area contributed by atoms with E-state index >= 15 is 0 Å². The first-order valence-corrected chi connectivity index (χ1v) is 10.5. The fraction of sp³-hybridized carbons (Fsp3) is 0.450. The van der Waals surface area contributed by atoms with Crippen molar-refractivity contribution >= 4 is 28.9 Å². The number of carbonyl (C=O) groups excluding carboxylic acids is 1. The molecule has 1 saturated heterocycles. The Morgan fingerprint density at radius 3 is 2.57 bits per heavy atom. The van der Waals surface area contributed by atoms with Crippen molar-refractivity contribution in [2.75, 3.05) is 44.7 Å². The van der Waals surface area contributed by atoms with Crippen LogP contribution in [-0.2, 0) is 17.8 Å². The average molecular weight is 401 g/mol. The highest BCUT2D eigenvalue weighted by molar-refractivity contribution is 7.11. The highest BCUT2D eigenvalue weighted by Crippen LogP contribution is 2.15. The summed E-state index contributed by atoms with van der Waals surface area (Å²) in [5, 5.41) is 7.35. The van der Waals surface area contributed by atoms with E-state index in [0.717, 1.165) is 37.6 Å². The minimum atomic E-state index is 0.0955. The molecule has 2 heterocycles. The molecule has 3 rings (SSSR count). The zero-order chi connectivity index (χ0) is 19.8. The summed E-state index contributed by atoms with van der Waals surface area (Å²) in [6.07, 6.45) is 2.91. The van der Waals surface area contributed by atoms with Gasteiger partial charge in [-0.2, -0.15) is 0 Å². The first-order chi connectivity index (χ1) is 13.7. The fourth-order valence-corrected chi connectivity index (χ4v) is 3.90. The predicted molar refractivity (Wildman–Crippen MR) is 115 cm³/mol. The Morgan fingerprint density at radius 2 is 1.93 bits per heavy atom. The van der Waals surface area contributed by atoms with E-state index in [2.05, 4.69) is 44.6 Å². The molecule has 1 amide bonds. The van der Waals surface area contributed by atoms with Gasteiger partial charge in [0.25, 0.3) is 0 Å². The van der Waals surface area contributed by atoms with Crippen LogP contribution in [0.2, 0.25) is 0 Å². The van der Waals surface area contributed by atoms with Crippen LogP contribution in [0.25, 0.3) is 0 Å². The van der Waals surface area contributed by atoms with E-state index in [1.165, 1.54) is 10.6 Å². The molecule has 0 radical (unpaired) electrons. The number of aliphatic imine (C=N–C) groups is 1. The van der Waals surface area contributed by atoms with Gasteiger partial charge in [-0.3, -0.25) is 9.79 Å². The van der Waals surface area contributed by atoms with Crippen molar-refractivity contribution in [3.63, 3.8) is 0 Å². The number of piperazine rings is 1. The summed E-state index contributed by atoms with van der Waals surface area (Å²) in [6.45, 7) is 6.15. The number of benzene rings is 1. The van der Waals surface area contributed by atoms with Crippen LogP contribution in [0.3, 0.4) is 0 Å². The zero-order valence-corrected chi connectivity index (χ0v) is 17.3. The maximum atomic E-state index is 12.5. The number of para-hydroxylation sites is 1. The summed E-state index contributed by atoms with van der Waals surface area (Å²) in [4.78, 5) is 26.6. The number of anilines is 1. The molecule has 150 valence electrons. The molecule has 1 fully saturated rings. The maximum absolute atomic E-state index is 12.5. The van der Waals surface area contributed by atoms with Gasteiger partial charge in [0.1, 0.15) is 5.01 Å².